The van der Waals surface area contributed by atoms with Gasteiger partial charge in [-0.1, -0.05) is 11.6 Å². The number of carbonyl (C=O) groups excluding carboxylic acids is 3. The van der Waals surface area contributed by atoms with E-state index in [1.807, 2.05) is 6.07 Å². The first-order valence-electron chi connectivity index (χ1n) is 5.51. The minimum atomic E-state index is -0.858. The number of urea groups is 1. The van der Waals surface area contributed by atoms with Gasteiger partial charge in [0.15, 0.2) is 0 Å². The molecule has 1 fully saturated rings. The maximum absolute atomic E-state index is 11.8. The third kappa shape index (κ3) is 2.54. The molecule has 1 heterocycles. The van der Waals surface area contributed by atoms with E-state index in [0.29, 0.717) is 18.5 Å². The number of hydrogen-bond acceptors (Lipinski definition) is 3. The molecule has 6 nitrogen and oxygen atoms in total. The van der Waals surface area contributed by atoms with Crippen molar-refractivity contribution in [1.82, 2.24) is 10.6 Å². The Bertz CT molecular complexity index is 575. The first-order valence-corrected chi connectivity index (χ1v) is 5.51. The summed E-state index contributed by atoms with van der Waals surface area (Å²) in [5.74, 6) is -0.292. The van der Waals surface area contributed by atoms with Crippen LogP contribution in [0, 0.1) is 0 Å². The van der Waals surface area contributed by atoms with Crippen LogP contribution in [0.1, 0.15) is 11.1 Å². The molecule has 7 heteroatoms. The average molecular weight is 330 g/mol. The van der Waals surface area contributed by atoms with Gasteiger partial charge >= 0.3 is 64.2 Å². The van der Waals surface area contributed by atoms with Crippen molar-refractivity contribution in [2.45, 2.75) is 18.4 Å². The standard InChI is InChI=1S/C12H10N3O3.Rb/c16-6-13-9-2-1-7-4-12(5-8(7)3-9)10(17)14-11(18)15-12;/h1-3H,4-5H2,(H,13,16)(H2,14,15,17,18);/q-1;+1. The second-order valence-corrected chi connectivity index (χ2v) is 4.55. The normalized spacial score (nSPS) is 23.4. The van der Waals surface area contributed by atoms with Gasteiger partial charge in [0.25, 0.3) is 5.91 Å². The molecule has 1 aromatic rings. The monoisotopic (exact) mass is 329 g/mol. The maximum atomic E-state index is 11.8. The van der Waals surface area contributed by atoms with E-state index in [1.54, 1.807) is 18.5 Å². The van der Waals surface area contributed by atoms with Crippen LogP contribution in [0.2, 0.25) is 0 Å². The minimum absolute atomic E-state index is 0. The fourth-order valence-electron chi connectivity index (χ4n) is 2.59. The topological polar surface area (TPSA) is 87.3 Å². The van der Waals surface area contributed by atoms with Crippen molar-refractivity contribution in [2.75, 3.05) is 5.32 Å². The van der Waals surface area contributed by atoms with Crippen molar-refractivity contribution in [3.05, 3.63) is 29.3 Å². The van der Waals surface area contributed by atoms with Crippen LogP contribution in [0.4, 0.5) is 10.5 Å². The van der Waals surface area contributed by atoms with E-state index >= 15 is 0 Å². The largest absolute Gasteiger partial charge is 1.00 e. The number of amides is 4. The van der Waals surface area contributed by atoms with E-state index in [0.717, 1.165) is 11.1 Å². The zero-order valence-electron chi connectivity index (χ0n) is 10.4. The molecule has 3 rings (SSSR count). The van der Waals surface area contributed by atoms with Crippen molar-refractivity contribution >= 4 is 24.0 Å². The second-order valence-electron chi connectivity index (χ2n) is 4.55. The van der Waals surface area contributed by atoms with Gasteiger partial charge in [-0.2, -0.15) is 0 Å². The SMILES string of the molecule is O=[C-]Nc1ccc2c(c1)CC1(C2)NC(=O)NC1=O.[Rb+]. The number of hydrogen-bond donors (Lipinski definition) is 3. The molecule has 2 aliphatic rings. The molecule has 1 spiro atoms. The Morgan fingerprint density at radius 3 is 2.58 bits per heavy atom. The van der Waals surface area contributed by atoms with Gasteiger partial charge in [0.1, 0.15) is 5.54 Å². The summed E-state index contributed by atoms with van der Waals surface area (Å²) in [7, 11) is 0. The summed E-state index contributed by atoms with van der Waals surface area (Å²) in [6, 6.07) is 4.94. The Labute approximate surface area is 158 Å². The van der Waals surface area contributed by atoms with Crippen molar-refractivity contribution in [1.29, 1.82) is 0 Å². The van der Waals surface area contributed by atoms with Crippen molar-refractivity contribution in [2.24, 2.45) is 0 Å². The number of anilines is 1. The number of nitrogens with one attached hydrogen (secondary N) is 3. The molecule has 1 aromatic carbocycles. The summed E-state index contributed by atoms with van der Waals surface area (Å²) < 4.78 is 0. The molecule has 1 aliphatic carbocycles. The molecule has 0 radical (unpaired) electrons. The van der Waals surface area contributed by atoms with Gasteiger partial charge in [0.2, 0.25) is 0 Å². The molecular weight excluding hydrogens is 320 g/mol. The van der Waals surface area contributed by atoms with Crippen LogP contribution in [-0.4, -0.2) is 23.9 Å². The third-order valence-corrected chi connectivity index (χ3v) is 3.40. The Kier molecular flexibility index (Phi) is 4.24. The van der Waals surface area contributed by atoms with Gasteiger partial charge in [-0.3, -0.25) is 10.1 Å². The molecule has 1 unspecified atom stereocenters. The van der Waals surface area contributed by atoms with Gasteiger partial charge in [-0.05, 0) is 5.56 Å². The van der Waals surface area contributed by atoms with E-state index in [-0.39, 0.29) is 64.1 Å². The smallest absolute Gasteiger partial charge is 0.490 e. The third-order valence-electron chi connectivity index (χ3n) is 3.40. The van der Waals surface area contributed by atoms with Crippen LogP contribution in [0.5, 0.6) is 0 Å². The van der Waals surface area contributed by atoms with Crippen molar-refractivity contribution in [3.8, 4) is 0 Å². The summed E-state index contributed by atoms with van der Waals surface area (Å²) in [6.07, 6.45) is 2.52. The predicted molar refractivity (Wildman–Crippen MR) is 62.6 cm³/mol. The first kappa shape index (κ1) is 14.8. The molecule has 92 valence electrons. The minimum Gasteiger partial charge on any atom is -0.490 e. The number of carbonyl (C=O) groups is 2. The Morgan fingerprint density at radius 1 is 1.21 bits per heavy atom. The summed E-state index contributed by atoms with van der Waals surface area (Å²) in [4.78, 5) is 33.3. The van der Waals surface area contributed by atoms with Crippen LogP contribution in [0.25, 0.3) is 0 Å². The van der Waals surface area contributed by atoms with Gasteiger partial charge in [0.05, 0.1) is 6.41 Å². The molecule has 3 N–H and O–H groups in total. The molecule has 1 atom stereocenters. The van der Waals surface area contributed by atoms with Gasteiger partial charge in [0, 0.05) is 12.8 Å². The molecule has 1 saturated heterocycles. The second kappa shape index (κ2) is 5.44. The van der Waals surface area contributed by atoms with Gasteiger partial charge in [-0.25, -0.2) is 4.79 Å². The van der Waals surface area contributed by atoms with Gasteiger partial charge in [-0.15, -0.1) is 17.8 Å². The van der Waals surface area contributed by atoms with E-state index in [2.05, 4.69) is 16.0 Å². The molecular formula is C12H10N3O3Rb. The van der Waals surface area contributed by atoms with E-state index in [1.165, 1.54) is 0 Å². The summed E-state index contributed by atoms with van der Waals surface area (Å²) in [5.41, 5.74) is 1.73. The number of fused-ring (bicyclic) bond motifs is 1. The summed E-state index contributed by atoms with van der Waals surface area (Å²) in [5, 5.41) is 7.38. The molecule has 19 heavy (non-hydrogen) atoms. The zero-order valence-corrected chi connectivity index (χ0v) is 15.3. The molecule has 0 aromatic heterocycles. The predicted octanol–water partition coefficient (Wildman–Crippen LogP) is -3.15. The molecule has 0 bridgehead atoms. The molecule has 0 saturated carbocycles. The van der Waals surface area contributed by atoms with Crippen LogP contribution < -0.4 is 74.1 Å². The van der Waals surface area contributed by atoms with Crippen LogP contribution in [0.15, 0.2) is 18.2 Å². The van der Waals surface area contributed by atoms with Crippen LogP contribution in [0.3, 0.4) is 0 Å². The average Bonchev–Trinajstić information content (AvgIpc) is 2.79. The Hall–Kier alpha value is -0.565. The maximum Gasteiger partial charge on any atom is 1.00 e. The Balaban J connectivity index is 0.00000133. The first-order chi connectivity index (χ1) is 8.63. The zero-order chi connectivity index (χ0) is 12.8. The summed E-state index contributed by atoms with van der Waals surface area (Å²) >= 11 is 0. The van der Waals surface area contributed by atoms with Crippen molar-refractivity contribution < 1.29 is 72.6 Å². The van der Waals surface area contributed by atoms with Gasteiger partial charge < -0.3 is 15.4 Å². The molecule has 4 amide bonds. The quantitative estimate of drug-likeness (QED) is 0.304. The fourth-order valence-corrected chi connectivity index (χ4v) is 2.59. The van der Waals surface area contributed by atoms with Crippen LogP contribution >= 0.6 is 0 Å². The van der Waals surface area contributed by atoms with Crippen molar-refractivity contribution in [3.63, 3.8) is 0 Å². The Morgan fingerprint density at radius 2 is 1.95 bits per heavy atom. The number of benzene rings is 1. The van der Waals surface area contributed by atoms with E-state index in [4.69, 9.17) is 0 Å². The molecule has 1 aliphatic heterocycles. The van der Waals surface area contributed by atoms with E-state index < -0.39 is 11.6 Å². The number of rotatable bonds is 2. The van der Waals surface area contributed by atoms with E-state index in [9.17, 15) is 14.4 Å². The van der Waals surface area contributed by atoms with Crippen LogP contribution in [-0.2, 0) is 22.4 Å². The number of imide groups is 1. The summed E-state index contributed by atoms with van der Waals surface area (Å²) in [6.45, 7) is 0. The fraction of sp³-hybridized carbons (Fsp3) is 0.250.